The summed E-state index contributed by atoms with van der Waals surface area (Å²) < 4.78 is 0. The Morgan fingerprint density at radius 1 is 0.926 bits per heavy atom. The zero-order chi connectivity index (χ0) is 19.6. The average molecular weight is 485 g/mol. The van der Waals surface area contributed by atoms with Crippen LogP contribution >= 0.6 is 17.0 Å². The molecule has 0 heterocycles. The monoisotopic (exact) mass is 482 g/mol. The quantitative estimate of drug-likeness (QED) is 0.375. The number of hydrogen-bond acceptors (Lipinski definition) is 0. The molecule has 0 bridgehead atoms. The molecule has 0 saturated heterocycles. The van der Waals surface area contributed by atoms with Crippen molar-refractivity contribution in [2.45, 2.75) is 65.7 Å². The van der Waals surface area contributed by atoms with Crippen molar-refractivity contribution in [1.29, 1.82) is 0 Å². The van der Waals surface area contributed by atoms with E-state index < -0.39 is 20.8 Å². The van der Waals surface area contributed by atoms with Crippen LogP contribution < -0.4 is 0 Å². The van der Waals surface area contributed by atoms with Crippen molar-refractivity contribution < 1.29 is 20.8 Å². The average Bonchev–Trinajstić information content (AvgIpc) is 3.35. The molecule has 10 radical (unpaired) electrons. The maximum absolute atomic E-state index is 4.93. The molecule has 0 aromatic rings. The summed E-state index contributed by atoms with van der Waals surface area (Å²) in [5.74, 6) is 8.73. The van der Waals surface area contributed by atoms with E-state index in [4.69, 9.17) is 17.0 Å². The molecule has 4 aliphatic carbocycles. The third-order valence-corrected chi connectivity index (χ3v) is 6.30. The Morgan fingerprint density at radius 2 is 1.52 bits per heavy atom. The first kappa shape index (κ1) is 24.7. The molecule has 0 nitrogen and oxygen atoms in total. The third-order valence-electron chi connectivity index (χ3n) is 6.30. The van der Waals surface area contributed by atoms with Crippen molar-refractivity contribution in [2.24, 2.45) is 23.7 Å². The molecule has 0 spiro atoms. The van der Waals surface area contributed by atoms with Crippen molar-refractivity contribution in [3.05, 3.63) is 62.7 Å². The van der Waals surface area contributed by atoms with Crippen LogP contribution in [0.25, 0.3) is 0 Å². The van der Waals surface area contributed by atoms with Gasteiger partial charge in [-0.05, 0) is 112 Å². The minimum atomic E-state index is -0.826. The summed E-state index contributed by atoms with van der Waals surface area (Å²) in [7, 11) is 9.87. The summed E-state index contributed by atoms with van der Waals surface area (Å²) >= 11 is -0.826. The summed E-state index contributed by atoms with van der Waals surface area (Å²) in [4.78, 5) is 0. The van der Waals surface area contributed by atoms with Gasteiger partial charge in [-0.25, -0.2) is 0 Å². The summed E-state index contributed by atoms with van der Waals surface area (Å²) in [5.41, 5.74) is 0. The summed E-state index contributed by atoms with van der Waals surface area (Å²) in [6.07, 6.45) is 24.8. The van der Waals surface area contributed by atoms with Gasteiger partial charge in [0, 0.05) is 0 Å². The topological polar surface area (TPSA) is 0 Å². The second-order valence-corrected chi connectivity index (χ2v) is 12.2. The molecule has 0 N–H and O–H groups in total. The Hall–Kier alpha value is 1.46. The van der Waals surface area contributed by atoms with E-state index in [-0.39, 0.29) is 0 Å². The molecule has 0 aliphatic heterocycles. The third kappa shape index (κ3) is 7.90. The Morgan fingerprint density at radius 3 is 2.11 bits per heavy atom. The van der Waals surface area contributed by atoms with Crippen LogP contribution in [0.3, 0.4) is 0 Å². The normalized spacial score (nSPS) is 32.3. The molecular formula is C24H34Cl2Zr. The predicted octanol–water partition coefficient (Wildman–Crippen LogP) is 7.81. The molecule has 4 saturated carbocycles. The number of halogens is 2. The Bertz CT molecular complexity index is 375. The van der Waals surface area contributed by atoms with Crippen LogP contribution in [0.15, 0.2) is 0 Å². The molecule has 0 aromatic carbocycles. The van der Waals surface area contributed by atoms with E-state index >= 15 is 0 Å². The Kier molecular flexibility index (Phi) is 12.6. The number of rotatable bonds is 2. The fraction of sp³-hybridized carbons (Fsp3) is 0.583. The van der Waals surface area contributed by atoms with Gasteiger partial charge in [-0.1, -0.05) is 40.0 Å². The van der Waals surface area contributed by atoms with Crippen molar-refractivity contribution in [3.8, 4) is 0 Å². The fourth-order valence-corrected chi connectivity index (χ4v) is 4.96. The van der Waals surface area contributed by atoms with E-state index in [0.29, 0.717) is 0 Å². The van der Waals surface area contributed by atoms with Crippen LogP contribution in [-0.4, -0.2) is 0 Å². The first-order valence-corrected chi connectivity index (χ1v) is 16.8. The predicted molar refractivity (Wildman–Crippen MR) is 115 cm³/mol. The molecular weight excluding hydrogens is 450 g/mol. The van der Waals surface area contributed by atoms with E-state index in [9.17, 15) is 0 Å². The maximum atomic E-state index is 4.93. The molecule has 1 unspecified atom stereocenters. The van der Waals surface area contributed by atoms with Crippen LogP contribution in [0.4, 0.5) is 0 Å². The molecule has 0 aromatic heterocycles. The van der Waals surface area contributed by atoms with E-state index in [0.717, 1.165) is 23.7 Å². The second kappa shape index (κ2) is 13.7. The first-order chi connectivity index (χ1) is 13.1. The van der Waals surface area contributed by atoms with Crippen LogP contribution in [0, 0.1) is 86.4 Å². The van der Waals surface area contributed by atoms with Crippen LogP contribution in [0.2, 0.25) is 0 Å². The van der Waals surface area contributed by atoms with Gasteiger partial charge < -0.3 is 0 Å². The Balaban J connectivity index is 0.000000274. The summed E-state index contributed by atoms with van der Waals surface area (Å²) in [6.45, 7) is 7.32. The van der Waals surface area contributed by atoms with Gasteiger partial charge in [-0.2, -0.15) is 0 Å². The van der Waals surface area contributed by atoms with E-state index in [1.54, 1.807) is 17.8 Å². The van der Waals surface area contributed by atoms with Crippen molar-refractivity contribution >= 4 is 17.0 Å². The van der Waals surface area contributed by atoms with Crippen LogP contribution in [-0.2, 0) is 20.8 Å². The van der Waals surface area contributed by atoms with Crippen molar-refractivity contribution in [1.82, 2.24) is 0 Å². The second-order valence-electron chi connectivity index (χ2n) is 8.47. The van der Waals surface area contributed by atoms with E-state index in [1.807, 2.05) is 32.1 Å². The zero-order valence-electron chi connectivity index (χ0n) is 17.1. The van der Waals surface area contributed by atoms with Gasteiger partial charge >= 0.3 is 37.9 Å². The van der Waals surface area contributed by atoms with Gasteiger partial charge in [-0.15, -0.1) is 0 Å². The molecule has 4 rings (SSSR count). The van der Waals surface area contributed by atoms with Gasteiger partial charge in [-0.3, -0.25) is 0 Å². The van der Waals surface area contributed by atoms with E-state index in [1.165, 1.54) is 44.9 Å². The van der Waals surface area contributed by atoms with Crippen molar-refractivity contribution in [2.75, 3.05) is 0 Å². The SMILES string of the molecule is CC(C)[C@@H]1CC[C@@H](C)CC1[C]1[CH][CH][C]2CCCC[C]21.[CH]1[CH][CH][CH][CH]1.[Cl][Zr][Cl]. The van der Waals surface area contributed by atoms with E-state index in [2.05, 4.69) is 33.6 Å². The van der Waals surface area contributed by atoms with Gasteiger partial charge in [0.15, 0.2) is 0 Å². The molecule has 27 heavy (non-hydrogen) atoms. The van der Waals surface area contributed by atoms with Gasteiger partial charge in [0.2, 0.25) is 0 Å². The van der Waals surface area contributed by atoms with Crippen LogP contribution in [0.1, 0.15) is 65.7 Å². The van der Waals surface area contributed by atoms with Crippen molar-refractivity contribution in [3.63, 3.8) is 0 Å². The van der Waals surface area contributed by atoms with Crippen LogP contribution in [0.5, 0.6) is 0 Å². The standard InChI is InChI=1S/C19H29.C5H5.2ClH.Zr/c1-13(2)16-10-8-14(3)12-19(16)18-11-9-15-6-4-5-7-17(15)18;1-2-4-5-3-1;;;/h9,11,13-14,16,19H,4-8,10,12H2,1-3H3;1-5H;2*1H;/q;;;;+2/p-2/t14-,16+,19?;;;;/m1..../s1. The summed E-state index contributed by atoms with van der Waals surface area (Å²) in [6, 6.07) is 0. The molecule has 3 heteroatoms. The van der Waals surface area contributed by atoms with Gasteiger partial charge in [0.25, 0.3) is 0 Å². The van der Waals surface area contributed by atoms with Gasteiger partial charge in [0.05, 0.1) is 0 Å². The first-order valence-electron chi connectivity index (χ1n) is 10.5. The molecule has 0 amide bonds. The zero-order valence-corrected chi connectivity index (χ0v) is 21.0. The number of hydrogen-bond donors (Lipinski definition) is 0. The fourth-order valence-electron chi connectivity index (χ4n) is 4.96. The molecule has 4 aliphatic rings. The molecule has 3 atom stereocenters. The molecule has 148 valence electrons. The van der Waals surface area contributed by atoms with Gasteiger partial charge in [0.1, 0.15) is 0 Å². The molecule has 4 fully saturated rings. The summed E-state index contributed by atoms with van der Waals surface area (Å²) in [5, 5.41) is 0. The number of fused-ring (bicyclic) bond motifs is 1. The minimum absolute atomic E-state index is 0.826. The Labute approximate surface area is 189 Å².